The van der Waals surface area contributed by atoms with Crippen molar-refractivity contribution in [1.29, 1.82) is 0 Å². The van der Waals surface area contributed by atoms with Crippen molar-refractivity contribution in [3.8, 4) is 0 Å². The largest absolute Gasteiger partial charge is 0.256 e. The minimum absolute atomic E-state index is 0.222. The lowest BCUT2D eigenvalue weighted by Crippen LogP contribution is -2.04. The Morgan fingerprint density at radius 2 is 1.65 bits per heavy atom. The van der Waals surface area contributed by atoms with E-state index in [1.807, 2.05) is 30.5 Å². The molecule has 0 bridgehead atoms. The van der Waals surface area contributed by atoms with Crippen molar-refractivity contribution in [2.24, 2.45) is 4.99 Å². The van der Waals surface area contributed by atoms with Crippen molar-refractivity contribution in [3.05, 3.63) is 83.3 Å². The van der Waals surface area contributed by atoms with Gasteiger partial charge in [0.1, 0.15) is 13.7 Å². The number of allylic oxidation sites excluding steroid dienone is 3. The summed E-state index contributed by atoms with van der Waals surface area (Å²) in [6.07, 6.45) is 5.80. The molecular formula is C20H17BFN. The zero-order valence-electron chi connectivity index (χ0n) is 13.1. The van der Waals surface area contributed by atoms with Gasteiger partial charge in [0, 0.05) is 11.8 Å². The van der Waals surface area contributed by atoms with Crippen molar-refractivity contribution >= 4 is 24.6 Å². The quantitative estimate of drug-likeness (QED) is 0.754. The highest BCUT2D eigenvalue weighted by Gasteiger charge is 2.10. The Labute approximate surface area is 137 Å². The van der Waals surface area contributed by atoms with E-state index in [0.717, 1.165) is 40.7 Å². The van der Waals surface area contributed by atoms with Crippen molar-refractivity contribution in [1.82, 2.24) is 0 Å². The predicted octanol–water partition coefficient (Wildman–Crippen LogP) is 4.19. The fraction of sp³-hybridized carbons (Fsp3) is 0.150. The van der Waals surface area contributed by atoms with E-state index in [0.29, 0.717) is 0 Å². The van der Waals surface area contributed by atoms with E-state index in [-0.39, 0.29) is 5.82 Å². The van der Waals surface area contributed by atoms with Gasteiger partial charge < -0.3 is 0 Å². The van der Waals surface area contributed by atoms with Gasteiger partial charge in [-0.2, -0.15) is 0 Å². The fourth-order valence-corrected chi connectivity index (χ4v) is 2.60. The van der Waals surface area contributed by atoms with Gasteiger partial charge in [0.25, 0.3) is 0 Å². The van der Waals surface area contributed by atoms with Gasteiger partial charge in [0.15, 0.2) is 0 Å². The summed E-state index contributed by atoms with van der Waals surface area (Å²) in [5, 5.41) is 0. The molecule has 23 heavy (non-hydrogen) atoms. The SMILES string of the molecule is [B]c1ccc(C2=NC=C(c3ccc(F)cc3)CC(CC)=C2)cc1. The van der Waals surface area contributed by atoms with E-state index in [4.69, 9.17) is 7.85 Å². The van der Waals surface area contributed by atoms with Gasteiger partial charge in [-0.15, -0.1) is 0 Å². The maximum atomic E-state index is 13.1. The minimum atomic E-state index is -0.222. The Morgan fingerprint density at radius 3 is 2.30 bits per heavy atom. The Balaban J connectivity index is 2.00. The van der Waals surface area contributed by atoms with Gasteiger partial charge >= 0.3 is 0 Å². The fourth-order valence-electron chi connectivity index (χ4n) is 2.60. The van der Waals surface area contributed by atoms with E-state index in [9.17, 15) is 4.39 Å². The molecule has 0 spiro atoms. The lowest BCUT2D eigenvalue weighted by Gasteiger charge is -2.08. The molecule has 0 aromatic heterocycles. The molecule has 2 aromatic rings. The molecule has 0 N–H and O–H groups in total. The molecule has 0 atom stereocenters. The molecule has 0 amide bonds. The van der Waals surface area contributed by atoms with Crippen LogP contribution in [0, 0.1) is 5.82 Å². The molecule has 0 saturated heterocycles. The van der Waals surface area contributed by atoms with Crippen LogP contribution in [0.3, 0.4) is 0 Å². The van der Waals surface area contributed by atoms with Gasteiger partial charge in [-0.25, -0.2) is 4.39 Å². The number of rotatable bonds is 3. The summed E-state index contributed by atoms with van der Waals surface area (Å²) < 4.78 is 13.1. The van der Waals surface area contributed by atoms with Gasteiger partial charge in [0.2, 0.25) is 0 Å². The molecule has 0 unspecified atom stereocenters. The summed E-state index contributed by atoms with van der Waals surface area (Å²) in [7, 11) is 5.75. The standard InChI is InChI=1S/C20H17BFN/c1-2-14-11-17(15-5-9-19(22)10-6-15)13-23-20(12-14)16-3-7-18(21)8-4-16/h3-10,12-13H,2,11H2,1H3. The maximum absolute atomic E-state index is 13.1. The number of halogens is 1. The first kappa shape index (κ1) is 15.5. The highest BCUT2D eigenvalue weighted by atomic mass is 19.1. The van der Waals surface area contributed by atoms with Crippen LogP contribution in [0.25, 0.3) is 5.57 Å². The van der Waals surface area contributed by atoms with Crippen LogP contribution in [0.2, 0.25) is 0 Å². The molecule has 3 heteroatoms. The second kappa shape index (κ2) is 6.78. The van der Waals surface area contributed by atoms with Crippen LogP contribution in [-0.4, -0.2) is 13.6 Å². The Kier molecular flexibility index (Phi) is 4.56. The topological polar surface area (TPSA) is 12.4 Å². The van der Waals surface area contributed by atoms with E-state index in [1.165, 1.54) is 17.7 Å². The first-order valence-electron chi connectivity index (χ1n) is 7.74. The summed E-state index contributed by atoms with van der Waals surface area (Å²) >= 11 is 0. The van der Waals surface area contributed by atoms with Crippen molar-refractivity contribution in [2.75, 3.05) is 0 Å². The molecule has 0 fully saturated rings. The molecule has 1 aliphatic rings. The van der Waals surface area contributed by atoms with Crippen molar-refractivity contribution < 1.29 is 4.39 Å². The summed E-state index contributed by atoms with van der Waals surface area (Å²) in [6, 6.07) is 14.3. The summed E-state index contributed by atoms with van der Waals surface area (Å²) in [6.45, 7) is 2.14. The molecule has 1 nitrogen and oxygen atoms in total. The van der Waals surface area contributed by atoms with Crippen LogP contribution in [0.4, 0.5) is 4.39 Å². The molecule has 0 aliphatic carbocycles. The van der Waals surface area contributed by atoms with E-state index in [1.54, 1.807) is 12.1 Å². The predicted molar refractivity (Wildman–Crippen MR) is 95.7 cm³/mol. The van der Waals surface area contributed by atoms with Crippen LogP contribution in [0.15, 0.2) is 71.4 Å². The van der Waals surface area contributed by atoms with Crippen molar-refractivity contribution in [3.63, 3.8) is 0 Å². The van der Waals surface area contributed by atoms with Gasteiger partial charge in [-0.05, 0) is 42.2 Å². The van der Waals surface area contributed by atoms with Crippen LogP contribution in [0.5, 0.6) is 0 Å². The Hall–Kier alpha value is -2.42. The molecular weight excluding hydrogens is 284 g/mol. The lowest BCUT2D eigenvalue weighted by molar-refractivity contribution is 0.627. The minimum Gasteiger partial charge on any atom is -0.256 e. The lowest BCUT2D eigenvalue weighted by atomic mass is 9.93. The zero-order valence-corrected chi connectivity index (χ0v) is 13.1. The van der Waals surface area contributed by atoms with Crippen LogP contribution in [0.1, 0.15) is 30.9 Å². The molecule has 112 valence electrons. The van der Waals surface area contributed by atoms with Crippen LogP contribution in [-0.2, 0) is 0 Å². The Bertz CT molecular complexity index is 783. The number of nitrogens with zero attached hydrogens (tertiary/aromatic N) is 1. The summed E-state index contributed by atoms with van der Waals surface area (Å²) in [4.78, 5) is 4.65. The van der Waals surface area contributed by atoms with Crippen LogP contribution >= 0.6 is 0 Å². The van der Waals surface area contributed by atoms with E-state index < -0.39 is 0 Å². The number of aliphatic imine (C=N–C) groups is 1. The summed E-state index contributed by atoms with van der Waals surface area (Å²) in [5.74, 6) is -0.222. The third kappa shape index (κ3) is 3.68. The second-order valence-corrected chi connectivity index (χ2v) is 5.63. The normalized spacial score (nSPS) is 14.6. The van der Waals surface area contributed by atoms with Gasteiger partial charge in [0.05, 0.1) is 5.71 Å². The van der Waals surface area contributed by atoms with E-state index >= 15 is 0 Å². The Morgan fingerprint density at radius 1 is 1.00 bits per heavy atom. The number of hydrogen-bond acceptors (Lipinski definition) is 1. The average Bonchev–Trinajstić information content (AvgIpc) is 2.79. The number of hydrogen-bond donors (Lipinski definition) is 0. The van der Waals surface area contributed by atoms with Crippen molar-refractivity contribution in [2.45, 2.75) is 19.8 Å². The second-order valence-electron chi connectivity index (χ2n) is 5.63. The summed E-state index contributed by atoms with van der Waals surface area (Å²) in [5.41, 5.74) is 6.12. The zero-order chi connectivity index (χ0) is 16.2. The average molecular weight is 301 g/mol. The number of benzene rings is 2. The first-order chi connectivity index (χ1) is 11.2. The molecule has 1 aliphatic heterocycles. The first-order valence-corrected chi connectivity index (χ1v) is 7.74. The molecule has 2 radical (unpaired) electrons. The third-order valence-electron chi connectivity index (χ3n) is 3.99. The molecule has 1 heterocycles. The maximum Gasteiger partial charge on any atom is 0.123 e. The molecule has 0 saturated carbocycles. The monoisotopic (exact) mass is 301 g/mol. The molecule has 3 rings (SSSR count). The smallest absolute Gasteiger partial charge is 0.123 e. The van der Waals surface area contributed by atoms with E-state index in [2.05, 4.69) is 18.0 Å². The van der Waals surface area contributed by atoms with Crippen LogP contribution < -0.4 is 5.46 Å². The van der Waals surface area contributed by atoms with Gasteiger partial charge in [-0.3, -0.25) is 4.99 Å². The highest BCUT2D eigenvalue weighted by molar-refractivity contribution is 6.32. The highest BCUT2D eigenvalue weighted by Crippen LogP contribution is 2.27. The molecule has 2 aromatic carbocycles. The third-order valence-corrected chi connectivity index (χ3v) is 3.99. The van der Waals surface area contributed by atoms with Gasteiger partial charge in [-0.1, -0.05) is 54.4 Å².